The zero-order valence-corrected chi connectivity index (χ0v) is 20.3. The van der Waals surface area contributed by atoms with Gasteiger partial charge in [-0.3, -0.25) is 0 Å². The minimum Gasteiger partial charge on any atom is -0.444 e. The van der Waals surface area contributed by atoms with E-state index in [2.05, 4.69) is 56.3 Å². The van der Waals surface area contributed by atoms with E-state index in [1.54, 1.807) is 0 Å². The number of allylic oxidation sites excluding steroid dienone is 4. The first-order chi connectivity index (χ1) is 15.5. The Kier molecular flexibility index (Phi) is 5.98. The predicted octanol–water partition coefficient (Wildman–Crippen LogP) is 7.00. The molecule has 3 nitrogen and oxygen atoms in total. The van der Waals surface area contributed by atoms with Crippen molar-refractivity contribution in [2.45, 2.75) is 52.1 Å². The number of carbonyl (C=O) groups is 1. The van der Waals surface area contributed by atoms with Crippen LogP contribution in [-0.4, -0.2) is 29.7 Å². The lowest BCUT2D eigenvalue weighted by atomic mass is 9.60. The number of amides is 1. The molecule has 0 saturated carbocycles. The van der Waals surface area contributed by atoms with Crippen molar-refractivity contribution in [2.24, 2.45) is 11.3 Å². The number of halogens is 1. The first-order valence-electron chi connectivity index (χ1n) is 11.7. The molecule has 1 amide bonds. The van der Waals surface area contributed by atoms with Gasteiger partial charge in [-0.1, -0.05) is 74.5 Å². The molecule has 2 aromatic rings. The number of ether oxygens (including phenoxy) is 1. The van der Waals surface area contributed by atoms with Crippen LogP contribution < -0.4 is 0 Å². The Balaban J connectivity index is 1.66. The highest BCUT2D eigenvalue weighted by atomic mass is 19.1. The zero-order valence-electron chi connectivity index (χ0n) is 20.3. The third kappa shape index (κ3) is 4.75. The van der Waals surface area contributed by atoms with Gasteiger partial charge in [-0.2, -0.15) is 0 Å². The molecule has 33 heavy (non-hydrogen) atoms. The van der Waals surface area contributed by atoms with Crippen LogP contribution in [0.1, 0.15) is 52.2 Å². The number of rotatable bonds is 3. The van der Waals surface area contributed by atoms with E-state index in [1.165, 1.54) is 23.3 Å². The van der Waals surface area contributed by atoms with Crippen LogP contribution in [0.5, 0.6) is 0 Å². The number of hydrogen-bond donors (Lipinski definition) is 0. The van der Waals surface area contributed by atoms with E-state index in [0.29, 0.717) is 13.1 Å². The lowest BCUT2D eigenvalue weighted by molar-refractivity contribution is 0.0277. The molecule has 3 atom stereocenters. The van der Waals surface area contributed by atoms with Gasteiger partial charge in [0.2, 0.25) is 0 Å². The molecule has 2 aromatic carbocycles. The molecule has 0 spiro atoms. The summed E-state index contributed by atoms with van der Waals surface area (Å²) in [5, 5.41) is 0. The summed E-state index contributed by atoms with van der Waals surface area (Å²) >= 11 is 0. The monoisotopic (exact) mass is 447 g/mol. The van der Waals surface area contributed by atoms with Crippen LogP contribution >= 0.6 is 0 Å². The van der Waals surface area contributed by atoms with Crippen molar-refractivity contribution in [3.63, 3.8) is 0 Å². The third-order valence-electron chi connectivity index (χ3n) is 7.16. The van der Waals surface area contributed by atoms with Crippen LogP contribution in [0.15, 0.2) is 72.8 Å². The van der Waals surface area contributed by atoms with E-state index in [9.17, 15) is 9.18 Å². The van der Waals surface area contributed by atoms with Gasteiger partial charge in [0.25, 0.3) is 0 Å². The Labute approximate surface area is 197 Å². The van der Waals surface area contributed by atoms with Gasteiger partial charge in [0, 0.05) is 18.5 Å². The minimum absolute atomic E-state index is 0.146. The van der Waals surface area contributed by atoms with E-state index < -0.39 is 5.60 Å². The van der Waals surface area contributed by atoms with E-state index in [-0.39, 0.29) is 28.7 Å². The Morgan fingerprint density at radius 3 is 2.30 bits per heavy atom. The third-order valence-corrected chi connectivity index (χ3v) is 7.16. The van der Waals surface area contributed by atoms with Crippen molar-refractivity contribution in [1.82, 2.24) is 4.90 Å². The largest absolute Gasteiger partial charge is 0.444 e. The zero-order chi connectivity index (χ0) is 23.9. The molecule has 1 heterocycles. The van der Waals surface area contributed by atoms with Crippen LogP contribution in [0.3, 0.4) is 0 Å². The maximum Gasteiger partial charge on any atom is 0.410 e. The van der Waals surface area contributed by atoms with Crippen LogP contribution in [0.2, 0.25) is 0 Å². The molecule has 1 unspecified atom stereocenters. The van der Waals surface area contributed by atoms with Gasteiger partial charge in [0.1, 0.15) is 11.4 Å². The highest BCUT2D eigenvalue weighted by molar-refractivity contribution is 5.75. The highest BCUT2D eigenvalue weighted by Gasteiger charge is 2.53. The van der Waals surface area contributed by atoms with E-state index in [4.69, 9.17) is 4.74 Å². The molecule has 1 aliphatic carbocycles. The first kappa shape index (κ1) is 23.3. The fourth-order valence-electron chi connectivity index (χ4n) is 5.37. The Morgan fingerprint density at radius 1 is 1.06 bits per heavy atom. The second-order valence-electron chi connectivity index (χ2n) is 10.9. The molecule has 1 saturated heterocycles. The average molecular weight is 448 g/mol. The molecule has 0 N–H and O–H groups in total. The molecule has 4 rings (SSSR count). The fourth-order valence-corrected chi connectivity index (χ4v) is 5.37. The molecule has 0 radical (unpaired) electrons. The van der Waals surface area contributed by atoms with Crippen LogP contribution in [0, 0.1) is 17.2 Å². The fraction of sp³-hybridized carbons (Fsp3) is 0.414. The van der Waals surface area contributed by atoms with Crippen molar-refractivity contribution in [2.75, 3.05) is 13.1 Å². The number of hydrogen-bond acceptors (Lipinski definition) is 2. The van der Waals surface area contributed by atoms with Crippen molar-refractivity contribution in [3.05, 3.63) is 89.8 Å². The van der Waals surface area contributed by atoms with Gasteiger partial charge in [-0.15, -0.1) is 0 Å². The summed E-state index contributed by atoms with van der Waals surface area (Å²) in [5.74, 6) is -0.104. The van der Waals surface area contributed by atoms with Crippen LogP contribution in [-0.2, 0) is 10.2 Å². The molecule has 1 fully saturated rings. The van der Waals surface area contributed by atoms with E-state index in [1.807, 2.05) is 43.9 Å². The Morgan fingerprint density at radius 2 is 1.73 bits per heavy atom. The topological polar surface area (TPSA) is 29.5 Å². The Hall–Kier alpha value is -2.88. The second-order valence-corrected chi connectivity index (χ2v) is 10.9. The van der Waals surface area contributed by atoms with Crippen molar-refractivity contribution in [1.29, 1.82) is 0 Å². The lowest BCUT2D eigenvalue weighted by Gasteiger charge is -2.43. The molecule has 2 aliphatic rings. The van der Waals surface area contributed by atoms with Gasteiger partial charge < -0.3 is 9.64 Å². The maximum atomic E-state index is 13.7. The predicted molar refractivity (Wildman–Crippen MR) is 131 cm³/mol. The summed E-state index contributed by atoms with van der Waals surface area (Å²) in [7, 11) is 0. The second kappa shape index (κ2) is 8.48. The number of benzene rings is 2. The average Bonchev–Trinajstić information content (AvgIpc) is 3.14. The molecule has 174 valence electrons. The number of nitrogens with zero attached hydrogens (tertiary/aromatic N) is 1. The van der Waals surface area contributed by atoms with Gasteiger partial charge in [-0.25, -0.2) is 9.18 Å². The highest BCUT2D eigenvalue weighted by Crippen LogP contribution is 2.52. The standard InChI is InChI=1S/C29H34FNO2/c1-27(2,3)33-26(32)31-19-25(29(5,20-31)23-11-13-24(30)14-12-23)28(4)17-15-22(16-18-28)21-9-7-6-8-10-21/h6-17,25H,18-20H2,1-5H3/t25-,28?,29+/m0/s1. The van der Waals surface area contributed by atoms with Crippen molar-refractivity contribution in [3.8, 4) is 0 Å². The maximum absolute atomic E-state index is 13.7. The van der Waals surface area contributed by atoms with Crippen LogP contribution in [0.4, 0.5) is 9.18 Å². The minimum atomic E-state index is -0.552. The normalized spacial score (nSPS) is 27.4. The van der Waals surface area contributed by atoms with Gasteiger partial charge in [-0.05, 0) is 67.4 Å². The quantitative estimate of drug-likeness (QED) is 0.507. The molecular formula is C29H34FNO2. The van der Waals surface area contributed by atoms with Gasteiger partial charge in [0.15, 0.2) is 0 Å². The molecule has 4 heteroatoms. The molecule has 0 bridgehead atoms. The van der Waals surface area contributed by atoms with Gasteiger partial charge >= 0.3 is 6.09 Å². The van der Waals surface area contributed by atoms with Crippen molar-refractivity contribution < 1.29 is 13.9 Å². The van der Waals surface area contributed by atoms with Gasteiger partial charge in [0.05, 0.1) is 0 Å². The smallest absolute Gasteiger partial charge is 0.410 e. The SMILES string of the molecule is CC(C)(C)OC(=O)N1C[C@@H](C2(C)C=CC(c3ccccc3)=CC2)[C@@](C)(c2ccc(F)cc2)C1. The lowest BCUT2D eigenvalue weighted by Crippen LogP contribution is -2.41. The summed E-state index contributed by atoms with van der Waals surface area (Å²) < 4.78 is 19.4. The van der Waals surface area contributed by atoms with E-state index in [0.717, 1.165) is 12.0 Å². The summed E-state index contributed by atoms with van der Waals surface area (Å²) in [4.78, 5) is 14.8. The summed E-state index contributed by atoms with van der Waals surface area (Å²) in [6, 6.07) is 17.1. The molecular weight excluding hydrogens is 413 g/mol. The first-order valence-corrected chi connectivity index (χ1v) is 11.7. The number of likely N-dealkylation sites (tertiary alicyclic amines) is 1. The van der Waals surface area contributed by atoms with Crippen LogP contribution in [0.25, 0.3) is 5.57 Å². The van der Waals surface area contributed by atoms with E-state index >= 15 is 0 Å². The summed E-state index contributed by atoms with van der Waals surface area (Å²) in [5.41, 5.74) is 2.44. The van der Waals surface area contributed by atoms with Crippen molar-refractivity contribution >= 4 is 11.7 Å². The molecule has 0 aromatic heterocycles. The summed E-state index contributed by atoms with van der Waals surface area (Å²) in [6.07, 6.45) is 7.40. The molecule has 1 aliphatic heterocycles. The summed E-state index contributed by atoms with van der Waals surface area (Å²) in [6.45, 7) is 11.3. The number of carbonyl (C=O) groups excluding carboxylic acids is 1. The Bertz CT molecular complexity index is 1070.